The summed E-state index contributed by atoms with van der Waals surface area (Å²) < 4.78 is 0. The molecule has 0 aliphatic carbocycles. The number of oxime groups is 2. The van der Waals surface area contributed by atoms with Gasteiger partial charge in [0.1, 0.15) is 0 Å². The number of hydrogen-bond donors (Lipinski definition) is 2. The van der Waals surface area contributed by atoms with Crippen molar-refractivity contribution < 1.29 is 19.3 Å². The van der Waals surface area contributed by atoms with Gasteiger partial charge in [-0.05, 0) is 17.2 Å². The highest BCUT2D eigenvalue weighted by molar-refractivity contribution is 5.86. The molecule has 8 heteroatoms. The quantitative estimate of drug-likeness (QED) is 0.488. The second-order valence-corrected chi connectivity index (χ2v) is 3.40. The van der Waals surface area contributed by atoms with E-state index in [1.54, 1.807) is 24.3 Å². The maximum atomic E-state index is 10.8. The fourth-order valence-electron chi connectivity index (χ4n) is 1.08. The maximum absolute atomic E-state index is 10.8. The number of carbonyl (C=O) groups excluding carboxylic acids is 2. The standard InChI is InChI=1S/C12H14N4O4/c1-13-11(17)19-15-7-9-4-3-5-10(6-9)8-16-20-12(18)14-2/h3-8H,1-2H3,(H,13,17)(H,14,18)/b15-7-,16-8-. The number of nitrogens with one attached hydrogen (secondary N) is 2. The Hall–Kier alpha value is -2.90. The van der Waals surface area contributed by atoms with Crippen molar-refractivity contribution in [3.8, 4) is 0 Å². The average molecular weight is 278 g/mol. The first-order valence-corrected chi connectivity index (χ1v) is 5.60. The summed E-state index contributed by atoms with van der Waals surface area (Å²) in [6.45, 7) is 0. The summed E-state index contributed by atoms with van der Waals surface area (Å²) in [6, 6.07) is 6.98. The third kappa shape index (κ3) is 5.63. The zero-order valence-electron chi connectivity index (χ0n) is 11.0. The minimum absolute atomic E-state index is 0.655. The van der Waals surface area contributed by atoms with Gasteiger partial charge in [-0.25, -0.2) is 9.59 Å². The molecule has 1 aromatic carbocycles. The first-order valence-electron chi connectivity index (χ1n) is 5.60. The van der Waals surface area contributed by atoms with E-state index in [1.807, 2.05) is 0 Å². The molecule has 1 aromatic rings. The van der Waals surface area contributed by atoms with Gasteiger partial charge in [0, 0.05) is 14.1 Å². The van der Waals surface area contributed by atoms with Gasteiger partial charge in [-0.15, -0.1) is 0 Å². The summed E-state index contributed by atoms with van der Waals surface area (Å²) in [5, 5.41) is 11.5. The van der Waals surface area contributed by atoms with Crippen molar-refractivity contribution in [2.75, 3.05) is 14.1 Å². The summed E-state index contributed by atoms with van der Waals surface area (Å²) >= 11 is 0. The Balaban J connectivity index is 2.61. The van der Waals surface area contributed by atoms with Gasteiger partial charge in [0.15, 0.2) is 0 Å². The predicted octanol–water partition coefficient (Wildman–Crippen LogP) is 1.07. The zero-order valence-corrected chi connectivity index (χ0v) is 11.0. The van der Waals surface area contributed by atoms with Gasteiger partial charge in [-0.2, -0.15) is 0 Å². The van der Waals surface area contributed by atoms with Crippen LogP contribution >= 0.6 is 0 Å². The Morgan fingerprint density at radius 3 is 1.85 bits per heavy atom. The fourth-order valence-corrected chi connectivity index (χ4v) is 1.08. The van der Waals surface area contributed by atoms with Gasteiger partial charge in [0.2, 0.25) is 0 Å². The van der Waals surface area contributed by atoms with Gasteiger partial charge in [0.25, 0.3) is 0 Å². The topological polar surface area (TPSA) is 101 Å². The van der Waals surface area contributed by atoms with Crippen LogP contribution in [-0.4, -0.2) is 38.7 Å². The van der Waals surface area contributed by atoms with Gasteiger partial charge in [-0.1, -0.05) is 28.5 Å². The molecule has 8 nitrogen and oxygen atoms in total. The number of rotatable bonds is 4. The molecule has 0 spiro atoms. The van der Waals surface area contributed by atoms with Crippen LogP contribution in [0.4, 0.5) is 9.59 Å². The summed E-state index contributed by atoms with van der Waals surface area (Å²) in [6.07, 6.45) is 1.43. The third-order valence-electron chi connectivity index (χ3n) is 1.99. The second kappa shape index (κ2) is 8.25. The van der Waals surface area contributed by atoms with Crippen LogP contribution < -0.4 is 10.6 Å². The van der Waals surface area contributed by atoms with Crippen molar-refractivity contribution in [2.45, 2.75) is 0 Å². The Bertz CT molecular complexity index is 485. The van der Waals surface area contributed by atoms with Gasteiger partial charge in [-0.3, -0.25) is 9.68 Å². The van der Waals surface area contributed by atoms with Crippen LogP contribution in [0.2, 0.25) is 0 Å². The van der Waals surface area contributed by atoms with Crippen LogP contribution in [0, 0.1) is 0 Å². The highest BCUT2D eigenvalue weighted by Crippen LogP contribution is 2.01. The molecule has 0 saturated carbocycles. The predicted molar refractivity (Wildman–Crippen MR) is 72.7 cm³/mol. The van der Waals surface area contributed by atoms with Crippen LogP contribution in [-0.2, 0) is 9.68 Å². The summed E-state index contributed by atoms with van der Waals surface area (Å²) in [4.78, 5) is 30.5. The van der Waals surface area contributed by atoms with Crippen molar-refractivity contribution in [3.05, 3.63) is 35.4 Å². The number of nitrogens with zero attached hydrogens (tertiary/aromatic N) is 2. The molecule has 0 aromatic heterocycles. The molecule has 0 atom stereocenters. The second-order valence-electron chi connectivity index (χ2n) is 3.40. The zero-order chi connectivity index (χ0) is 14.8. The highest BCUT2D eigenvalue weighted by Gasteiger charge is 1.96. The van der Waals surface area contributed by atoms with E-state index in [1.165, 1.54) is 26.5 Å². The maximum Gasteiger partial charge on any atom is 0.433 e. The van der Waals surface area contributed by atoms with E-state index in [4.69, 9.17) is 0 Å². The molecule has 1 rings (SSSR count). The molecule has 0 heterocycles. The van der Waals surface area contributed by atoms with Crippen molar-refractivity contribution in [2.24, 2.45) is 10.3 Å². The first kappa shape index (κ1) is 15.2. The molecule has 0 fully saturated rings. The Morgan fingerprint density at radius 2 is 1.45 bits per heavy atom. The van der Waals surface area contributed by atoms with E-state index in [0.29, 0.717) is 11.1 Å². The van der Waals surface area contributed by atoms with Crippen LogP contribution in [0.25, 0.3) is 0 Å². The Kier molecular flexibility index (Phi) is 6.25. The summed E-state index contributed by atoms with van der Waals surface area (Å²) in [5.41, 5.74) is 1.38. The van der Waals surface area contributed by atoms with E-state index in [-0.39, 0.29) is 0 Å². The molecule has 0 unspecified atom stereocenters. The van der Waals surface area contributed by atoms with Crippen LogP contribution in [0.3, 0.4) is 0 Å². The fraction of sp³-hybridized carbons (Fsp3) is 0.167. The van der Waals surface area contributed by atoms with E-state index >= 15 is 0 Å². The molecule has 0 bridgehead atoms. The smallest absolute Gasteiger partial charge is 0.323 e. The molecular weight excluding hydrogens is 264 g/mol. The molecule has 106 valence electrons. The minimum Gasteiger partial charge on any atom is -0.323 e. The third-order valence-corrected chi connectivity index (χ3v) is 1.99. The normalized spacial score (nSPS) is 10.5. The molecular formula is C12H14N4O4. The molecule has 0 aliphatic heterocycles. The van der Waals surface area contributed by atoms with Crippen molar-refractivity contribution in [1.82, 2.24) is 10.6 Å². The monoisotopic (exact) mass is 278 g/mol. The number of carbonyl (C=O) groups is 2. The Labute approximate surface area is 115 Å². The lowest BCUT2D eigenvalue weighted by Crippen LogP contribution is -2.16. The molecule has 0 radical (unpaired) electrons. The number of hydrogen-bond acceptors (Lipinski definition) is 6. The summed E-state index contributed by atoms with van der Waals surface area (Å²) in [7, 11) is 2.86. The lowest BCUT2D eigenvalue weighted by Gasteiger charge is -1.97. The molecule has 20 heavy (non-hydrogen) atoms. The summed E-state index contributed by atoms with van der Waals surface area (Å²) in [5.74, 6) is 0. The Morgan fingerprint density at radius 1 is 1.00 bits per heavy atom. The van der Waals surface area contributed by atoms with E-state index in [2.05, 4.69) is 30.6 Å². The van der Waals surface area contributed by atoms with E-state index in [0.717, 1.165) is 0 Å². The molecule has 2 N–H and O–H groups in total. The van der Waals surface area contributed by atoms with Gasteiger partial charge in [0.05, 0.1) is 12.4 Å². The molecule has 0 aliphatic rings. The minimum atomic E-state index is -0.655. The van der Waals surface area contributed by atoms with Crippen molar-refractivity contribution in [1.29, 1.82) is 0 Å². The van der Waals surface area contributed by atoms with E-state index < -0.39 is 12.2 Å². The van der Waals surface area contributed by atoms with Crippen molar-refractivity contribution in [3.63, 3.8) is 0 Å². The first-order chi connectivity index (χ1) is 9.65. The van der Waals surface area contributed by atoms with Crippen molar-refractivity contribution >= 4 is 24.6 Å². The number of benzene rings is 1. The number of amides is 2. The highest BCUT2D eigenvalue weighted by atomic mass is 16.7. The SMILES string of the molecule is CNC(=O)O/N=C\c1cccc(/C=N\OC(=O)NC)c1. The molecule has 2 amide bonds. The van der Waals surface area contributed by atoms with Gasteiger partial charge >= 0.3 is 12.2 Å². The lowest BCUT2D eigenvalue weighted by atomic mass is 10.1. The van der Waals surface area contributed by atoms with Crippen LogP contribution in [0.5, 0.6) is 0 Å². The van der Waals surface area contributed by atoms with Gasteiger partial charge < -0.3 is 10.6 Å². The van der Waals surface area contributed by atoms with Crippen LogP contribution in [0.15, 0.2) is 34.6 Å². The van der Waals surface area contributed by atoms with Crippen LogP contribution in [0.1, 0.15) is 11.1 Å². The van der Waals surface area contributed by atoms with E-state index in [9.17, 15) is 9.59 Å². The molecule has 0 saturated heterocycles. The lowest BCUT2D eigenvalue weighted by molar-refractivity contribution is 0.153. The average Bonchev–Trinajstić information content (AvgIpc) is 2.47. The largest absolute Gasteiger partial charge is 0.433 e.